The number of carbonyl (C=O) groups excluding carboxylic acids is 1. The summed E-state index contributed by atoms with van der Waals surface area (Å²) >= 11 is 0. The summed E-state index contributed by atoms with van der Waals surface area (Å²) in [4.78, 5) is 18.8. The van der Waals surface area contributed by atoms with Crippen LogP contribution in [0.5, 0.6) is 11.5 Å². The molecule has 1 aliphatic rings. The monoisotopic (exact) mass is 422 g/mol. The summed E-state index contributed by atoms with van der Waals surface area (Å²) in [6.45, 7) is 3.09. The second kappa shape index (κ2) is 8.42. The van der Waals surface area contributed by atoms with Crippen molar-refractivity contribution in [2.24, 2.45) is 7.05 Å². The third-order valence-electron chi connectivity index (χ3n) is 5.06. The molecule has 1 aliphatic heterocycles. The number of hydrogen-bond donors (Lipinski definition) is 0. The zero-order valence-electron chi connectivity index (χ0n) is 17.1. The van der Waals surface area contributed by atoms with Gasteiger partial charge in [0, 0.05) is 45.0 Å². The van der Waals surface area contributed by atoms with Crippen molar-refractivity contribution >= 4 is 15.9 Å². The van der Waals surface area contributed by atoms with Gasteiger partial charge in [0.1, 0.15) is 5.82 Å². The number of benzene rings is 1. The van der Waals surface area contributed by atoms with Gasteiger partial charge >= 0.3 is 0 Å². The minimum Gasteiger partial charge on any atom is -0.493 e. The second-order valence-corrected chi connectivity index (χ2v) is 8.74. The highest BCUT2D eigenvalue weighted by Crippen LogP contribution is 2.28. The molecular weight excluding hydrogens is 396 g/mol. The molecular formula is C19H26N4O5S. The Hall–Kier alpha value is -2.59. The molecule has 0 N–H and O–H groups in total. The van der Waals surface area contributed by atoms with Crippen molar-refractivity contribution in [2.45, 2.75) is 18.4 Å². The Labute approximate surface area is 170 Å². The van der Waals surface area contributed by atoms with E-state index in [2.05, 4.69) is 4.98 Å². The summed E-state index contributed by atoms with van der Waals surface area (Å²) in [7, 11) is 1.11. The molecule has 0 unspecified atom stereocenters. The van der Waals surface area contributed by atoms with E-state index in [1.165, 1.54) is 24.7 Å². The highest BCUT2D eigenvalue weighted by Gasteiger charge is 2.30. The molecule has 0 saturated carbocycles. The van der Waals surface area contributed by atoms with Crippen molar-refractivity contribution in [3.63, 3.8) is 0 Å². The molecule has 29 heavy (non-hydrogen) atoms. The molecule has 0 bridgehead atoms. The first-order chi connectivity index (χ1) is 13.8. The Morgan fingerprint density at radius 3 is 2.41 bits per heavy atom. The Kier molecular flexibility index (Phi) is 6.13. The molecule has 1 fully saturated rings. The van der Waals surface area contributed by atoms with Crippen LogP contribution < -0.4 is 9.47 Å². The van der Waals surface area contributed by atoms with E-state index in [-0.39, 0.29) is 17.5 Å². The lowest BCUT2D eigenvalue weighted by Gasteiger charge is -2.22. The van der Waals surface area contributed by atoms with Crippen molar-refractivity contribution in [1.29, 1.82) is 0 Å². The number of methoxy groups -OCH3 is 2. The van der Waals surface area contributed by atoms with E-state index in [0.717, 1.165) is 0 Å². The van der Waals surface area contributed by atoms with Crippen molar-refractivity contribution < 1.29 is 22.7 Å². The largest absolute Gasteiger partial charge is 0.493 e. The molecule has 3 rings (SSSR count). The van der Waals surface area contributed by atoms with Crippen LogP contribution >= 0.6 is 0 Å². The Morgan fingerprint density at radius 1 is 1.07 bits per heavy atom. The van der Waals surface area contributed by atoms with Crippen molar-refractivity contribution in [1.82, 2.24) is 18.8 Å². The third-order valence-corrected chi connectivity index (χ3v) is 6.83. The molecule has 0 aliphatic carbocycles. The summed E-state index contributed by atoms with van der Waals surface area (Å²) in [6.07, 6.45) is 2.06. The van der Waals surface area contributed by atoms with Gasteiger partial charge in [0.15, 0.2) is 16.5 Å². The van der Waals surface area contributed by atoms with E-state index >= 15 is 0 Å². The summed E-state index contributed by atoms with van der Waals surface area (Å²) in [5, 5.41) is 0.0390. The molecule has 1 aromatic carbocycles. The lowest BCUT2D eigenvalue weighted by atomic mass is 10.1. The van der Waals surface area contributed by atoms with Gasteiger partial charge in [-0.25, -0.2) is 13.4 Å². The smallest absolute Gasteiger partial charge is 0.262 e. The number of hydrogen-bond acceptors (Lipinski definition) is 6. The van der Waals surface area contributed by atoms with Gasteiger partial charge in [0.2, 0.25) is 0 Å². The van der Waals surface area contributed by atoms with Gasteiger partial charge in [0.05, 0.1) is 14.2 Å². The number of sulfonamides is 1. The van der Waals surface area contributed by atoms with Crippen LogP contribution in [0.1, 0.15) is 22.6 Å². The van der Waals surface area contributed by atoms with Crippen LogP contribution in [0.25, 0.3) is 0 Å². The topological polar surface area (TPSA) is 94.0 Å². The van der Waals surface area contributed by atoms with E-state index in [1.54, 1.807) is 41.6 Å². The molecule has 2 heterocycles. The van der Waals surface area contributed by atoms with Gasteiger partial charge in [-0.3, -0.25) is 4.79 Å². The Bertz CT molecular complexity index is 983. The predicted octanol–water partition coefficient (Wildman–Crippen LogP) is 1.28. The lowest BCUT2D eigenvalue weighted by Crippen LogP contribution is -2.37. The fourth-order valence-electron chi connectivity index (χ4n) is 3.27. The number of aromatic nitrogens is 2. The van der Waals surface area contributed by atoms with Crippen LogP contribution in [-0.4, -0.2) is 73.5 Å². The average molecular weight is 423 g/mol. The number of carbonyl (C=O) groups is 1. The summed E-state index contributed by atoms with van der Waals surface area (Å²) in [5.74, 6) is 1.48. The first-order valence-corrected chi connectivity index (χ1v) is 10.7. The van der Waals surface area contributed by atoms with Gasteiger partial charge in [-0.05, 0) is 31.5 Å². The van der Waals surface area contributed by atoms with Crippen LogP contribution in [0.3, 0.4) is 0 Å². The van der Waals surface area contributed by atoms with Gasteiger partial charge in [0.25, 0.3) is 15.9 Å². The third kappa shape index (κ3) is 4.23. The summed E-state index contributed by atoms with van der Waals surface area (Å²) in [6, 6.07) is 5.00. The fourth-order valence-corrected chi connectivity index (χ4v) is 4.77. The summed E-state index contributed by atoms with van der Waals surface area (Å²) < 4.78 is 39.4. The van der Waals surface area contributed by atoms with E-state index < -0.39 is 10.0 Å². The molecule has 158 valence electrons. The molecule has 9 nitrogen and oxygen atoms in total. The second-order valence-electron chi connectivity index (χ2n) is 6.86. The van der Waals surface area contributed by atoms with Gasteiger partial charge in [-0.15, -0.1) is 0 Å². The quantitative estimate of drug-likeness (QED) is 0.721. The van der Waals surface area contributed by atoms with Crippen LogP contribution in [0.2, 0.25) is 0 Å². The van der Waals surface area contributed by atoms with E-state index in [1.807, 2.05) is 0 Å². The maximum absolute atomic E-state index is 12.9. The highest BCUT2D eigenvalue weighted by atomic mass is 32.2. The molecule has 0 spiro atoms. The van der Waals surface area contributed by atoms with Crippen molar-refractivity contribution in [3.05, 3.63) is 35.8 Å². The molecule has 1 saturated heterocycles. The van der Waals surface area contributed by atoms with Crippen molar-refractivity contribution in [2.75, 3.05) is 40.4 Å². The maximum Gasteiger partial charge on any atom is 0.262 e. The zero-order chi connectivity index (χ0) is 21.2. The lowest BCUT2D eigenvalue weighted by molar-refractivity contribution is 0.0764. The molecule has 0 radical (unpaired) electrons. The number of aryl methyl sites for hydroxylation is 2. The normalized spacial score (nSPS) is 15.8. The zero-order valence-corrected chi connectivity index (χ0v) is 17.9. The van der Waals surface area contributed by atoms with Gasteiger partial charge in [-0.2, -0.15) is 4.31 Å². The Balaban J connectivity index is 1.75. The minimum atomic E-state index is -3.69. The number of nitrogens with zero attached hydrogens (tertiary/aromatic N) is 4. The molecule has 10 heteroatoms. The van der Waals surface area contributed by atoms with Crippen LogP contribution in [0.15, 0.2) is 29.4 Å². The fraction of sp³-hybridized carbons (Fsp3) is 0.474. The van der Waals surface area contributed by atoms with E-state index in [9.17, 15) is 13.2 Å². The molecule has 1 aromatic heterocycles. The van der Waals surface area contributed by atoms with E-state index in [4.69, 9.17) is 9.47 Å². The summed E-state index contributed by atoms with van der Waals surface area (Å²) in [5.41, 5.74) is 0.472. The van der Waals surface area contributed by atoms with Gasteiger partial charge < -0.3 is 18.9 Å². The number of amides is 1. The van der Waals surface area contributed by atoms with E-state index in [0.29, 0.717) is 48.9 Å². The standard InChI is InChI=1S/C19H26N4O5S/c1-14-20-18(13-21(14)2)29(25,26)23-9-5-8-22(10-11-23)19(24)15-6-7-16(27-3)17(12-15)28-4/h6-7,12-13H,5,8-11H2,1-4H3. The van der Waals surface area contributed by atoms with Crippen LogP contribution in [0.4, 0.5) is 0 Å². The van der Waals surface area contributed by atoms with Crippen molar-refractivity contribution in [3.8, 4) is 11.5 Å². The number of imidazole rings is 1. The molecule has 1 amide bonds. The molecule has 0 atom stereocenters. The van der Waals surface area contributed by atoms with Crippen LogP contribution in [0, 0.1) is 6.92 Å². The first-order valence-electron chi connectivity index (χ1n) is 9.29. The average Bonchev–Trinajstić information content (AvgIpc) is 2.92. The minimum absolute atomic E-state index is 0.0390. The van der Waals surface area contributed by atoms with Crippen LogP contribution in [-0.2, 0) is 17.1 Å². The predicted molar refractivity (Wildman–Crippen MR) is 107 cm³/mol. The SMILES string of the molecule is COc1ccc(C(=O)N2CCCN(S(=O)(=O)c3cn(C)c(C)n3)CC2)cc1OC. The first kappa shape index (κ1) is 21.1. The highest BCUT2D eigenvalue weighted by molar-refractivity contribution is 7.89. The number of ether oxygens (including phenoxy) is 2. The number of rotatable bonds is 5. The Morgan fingerprint density at radius 2 is 1.79 bits per heavy atom. The molecule has 2 aromatic rings. The van der Waals surface area contributed by atoms with Gasteiger partial charge in [-0.1, -0.05) is 0 Å². The maximum atomic E-state index is 12.9.